The highest BCUT2D eigenvalue weighted by Crippen LogP contribution is 2.38. The minimum Gasteiger partial charge on any atom is -0.341 e. The molecule has 2 aromatic rings. The molecule has 0 N–H and O–H groups in total. The van der Waals surface area contributed by atoms with Crippen LogP contribution in [0.15, 0.2) is 47.8 Å². The molecule has 0 aliphatic carbocycles. The van der Waals surface area contributed by atoms with Gasteiger partial charge in [0.15, 0.2) is 5.82 Å². The number of carbonyl (C=O) groups excluding carboxylic acids is 1. The summed E-state index contributed by atoms with van der Waals surface area (Å²) < 4.78 is 52.8. The number of carbonyl (C=O) groups is 1. The molecule has 1 aromatic heterocycles. The molecule has 1 aromatic carbocycles. The topological polar surface area (TPSA) is 61.7 Å². The van der Waals surface area contributed by atoms with Gasteiger partial charge in [0.05, 0.1) is 18.4 Å². The molecule has 0 radical (unpaired) electrons. The van der Waals surface area contributed by atoms with Crippen molar-refractivity contribution in [2.24, 2.45) is 11.0 Å². The zero-order valence-corrected chi connectivity index (χ0v) is 15.9. The summed E-state index contributed by atoms with van der Waals surface area (Å²) in [6.45, 7) is 0.892. The predicted molar refractivity (Wildman–Crippen MR) is 101 cm³/mol. The summed E-state index contributed by atoms with van der Waals surface area (Å²) in [6.07, 6.45) is -1.95. The van der Waals surface area contributed by atoms with Crippen LogP contribution in [0.2, 0.25) is 0 Å². The highest BCUT2D eigenvalue weighted by molar-refractivity contribution is 5.94. The van der Waals surface area contributed by atoms with Crippen LogP contribution < -0.4 is 4.90 Å². The van der Waals surface area contributed by atoms with Gasteiger partial charge >= 0.3 is 6.18 Å². The molecular weight excluding hydrogens is 402 g/mol. The third-order valence-electron chi connectivity index (χ3n) is 5.38. The van der Waals surface area contributed by atoms with E-state index in [0.29, 0.717) is 37.4 Å². The van der Waals surface area contributed by atoms with Crippen LogP contribution in [0.25, 0.3) is 0 Å². The number of alkyl halides is 3. The number of hydrazone groups is 1. The standard InChI is InChI=1S/C20H19F4N5O/c21-15-11-25-19(26-12-15)28-8-6-14(7-9-28)18(30)29-16(13-4-2-1-3-5-13)10-17(27-29)20(22,23)24/h1-5,11-12,14,16H,6-10H2. The number of aromatic nitrogens is 2. The van der Waals surface area contributed by atoms with Crippen molar-refractivity contribution in [1.29, 1.82) is 0 Å². The summed E-state index contributed by atoms with van der Waals surface area (Å²) in [5.41, 5.74) is -0.326. The van der Waals surface area contributed by atoms with Crippen molar-refractivity contribution in [3.63, 3.8) is 0 Å². The molecule has 158 valence electrons. The Bertz CT molecular complexity index is 924. The molecule has 0 saturated carbocycles. The monoisotopic (exact) mass is 421 g/mol. The number of piperidine rings is 1. The second-order valence-corrected chi connectivity index (χ2v) is 7.32. The van der Waals surface area contributed by atoms with Gasteiger partial charge in [0.25, 0.3) is 0 Å². The molecular formula is C20H19F4N5O. The van der Waals surface area contributed by atoms with Crippen LogP contribution in [-0.2, 0) is 4.79 Å². The first-order valence-electron chi connectivity index (χ1n) is 9.58. The van der Waals surface area contributed by atoms with E-state index in [1.807, 2.05) is 4.90 Å². The highest BCUT2D eigenvalue weighted by Gasteiger charge is 2.46. The summed E-state index contributed by atoms with van der Waals surface area (Å²) in [5.74, 6) is -1.04. The van der Waals surface area contributed by atoms with E-state index in [9.17, 15) is 22.4 Å². The Labute approximate surface area is 170 Å². The fourth-order valence-corrected chi connectivity index (χ4v) is 3.80. The molecule has 0 bridgehead atoms. The van der Waals surface area contributed by atoms with Crippen LogP contribution in [0.3, 0.4) is 0 Å². The van der Waals surface area contributed by atoms with Crippen molar-refractivity contribution in [3.8, 4) is 0 Å². The molecule has 4 rings (SSSR count). The van der Waals surface area contributed by atoms with Gasteiger partial charge in [-0.05, 0) is 18.4 Å². The predicted octanol–water partition coefficient (Wildman–Crippen LogP) is 3.72. The third kappa shape index (κ3) is 4.12. The summed E-state index contributed by atoms with van der Waals surface area (Å²) in [7, 11) is 0. The molecule has 2 aliphatic heterocycles. The zero-order chi connectivity index (χ0) is 21.3. The molecule has 30 heavy (non-hydrogen) atoms. The Morgan fingerprint density at radius 1 is 1.03 bits per heavy atom. The number of halogens is 4. The van der Waals surface area contributed by atoms with Gasteiger partial charge in [0.1, 0.15) is 5.71 Å². The van der Waals surface area contributed by atoms with Crippen LogP contribution in [-0.4, -0.2) is 45.9 Å². The molecule has 0 spiro atoms. The first-order valence-corrected chi connectivity index (χ1v) is 9.58. The van der Waals surface area contributed by atoms with Gasteiger partial charge in [0.2, 0.25) is 11.9 Å². The number of anilines is 1. The first-order chi connectivity index (χ1) is 14.3. The van der Waals surface area contributed by atoms with Crippen LogP contribution in [0.4, 0.5) is 23.5 Å². The Morgan fingerprint density at radius 3 is 2.27 bits per heavy atom. The average Bonchev–Trinajstić information content (AvgIpc) is 3.21. The van der Waals surface area contributed by atoms with Crippen molar-refractivity contribution in [2.45, 2.75) is 31.5 Å². The molecule has 1 unspecified atom stereocenters. The van der Waals surface area contributed by atoms with Gasteiger partial charge in [-0.2, -0.15) is 18.3 Å². The number of rotatable bonds is 3. The van der Waals surface area contributed by atoms with E-state index in [4.69, 9.17) is 0 Å². The van der Waals surface area contributed by atoms with E-state index in [1.54, 1.807) is 30.3 Å². The van der Waals surface area contributed by atoms with Gasteiger partial charge < -0.3 is 4.90 Å². The van der Waals surface area contributed by atoms with E-state index in [-0.39, 0.29) is 6.42 Å². The highest BCUT2D eigenvalue weighted by atomic mass is 19.4. The summed E-state index contributed by atoms with van der Waals surface area (Å²) in [6, 6.07) is 7.86. The SMILES string of the molecule is O=C(C1CCN(c2ncc(F)cn2)CC1)N1N=C(C(F)(F)F)CC1c1ccccc1. The van der Waals surface area contributed by atoms with Gasteiger partial charge in [-0.1, -0.05) is 30.3 Å². The number of hydrogen-bond donors (Lipinski definition) is 0. The molecule has 3 heterocycles. The normalized spacial score (nSPS) is 20.4. The van der Waals surface area contributed by atoms with Crippen molar-refractivity contribution < 1.29 is 22.4 Å². The molecule has 1 saturated heterocycles. The minimum absolute atomic E-state index is 0.360. The first kappa shape index (κ1) is 20.2. The van der Waals surface area contributed by atoms with Gasteiger partial charge in [-0.3, -0.25) is 4.79 Å². The van der Waals surface area contributed by atoms with Gasteiger partial charge in [-0.25, -0.2) is 19.4 Å². The molecule has 6 nitrogen and oxygen atoms in total. The fourth-order valence-electron chi connectivity index (χ4n) is 3.80. The van der Waals surface area contributed by atoms with Crippen LogP contribution >= 0.6 is 0 Å². The van der Waals surface area contributed by atoms with Crippen molar-refractivity contribution >= 4 is 17.6 Å². The number of amides is 1. The maximum absolute atomic E-state index is 13.3. The van der Waals surface area contributed by atoms with Crippen molar-refractivity contribution in [1.82, 2.24) is 15.0 Å². The Morgan fingerprint density at radius 2 is 1.67 bits per heavy atom. The lowest BCUT2D eigenvalue weighted by atomic mass is 9.94. The largest absolute Gasteiger partial charge is 0.431 e. The molecule has 1 fully saturated rings. The quantitative estimate of drug-likeness (QED) is 0.709. The Kier molecular flexibility index (Phi) is 5.40. The smallest absolute Gasteiger partial charge is 0.341 e. The van der Waals surface area contributed by atoms with Gasteiger partial charge in [0, 0.05) is 25.4 Å². The second kappa shape index (κ2) is 8.00. The van der Waals surface area contributed by atoms with E-state index in [1.165, 1.54) is 0 Å². The lowest BCUT2D eigenvalue weighted by Gasteiger charge is -2.33. The van der Waals surface area contributed by atoms with Crippen LogP contribution in [0.1, 0.15) is 30.9 Å². The maximum atomic E-state index is 13.3. The van der Waals surface area contributed by atoms with E-state index in [2.05, 4.69) is 15.1 Å². The molecule has 2 aliphatic rings. The average molecular weight is 421 g/mol. The summed E-state index contributed by atoms with van der Waals surface area (Å²) in [4.78, 5) is 22.8. The summed E-state index contributed by atoms with van der Waals surface area (Å²) >= 11 is 0. The molecule has 1 amide bonds. The lowest BCUT2D eigenvalue weighted by Crippen LogP contribution is -2.41. The fraction of sp³-hybridized carbons (Fsp3) is 0.400. The number of benzene rings is 1. The zero-order valence-electron chi connectivity index (χ0n) is 15.9. The Balaban J connectivity index is 1.49. The third-order valence-corrected chi connectivity index (χ3v) is 5.38. The molecule has 10 heteroatoms. The second-order valence-electron chi connectivity index (χ2n) is 7.32. The number of nitrogens with zero attached hydrogens (tertiary/aromatic N) is 5. The lowest BCUT2D eigenvalue weighted by molar-refractivity contribution is -0.138. The van der Waals surface area contributed by atoms with Crippen LogP contribution in [0, 0.1) is 11.7 Å². The number of hydrogen-bond acceptors (Lipinski definition) is 5. The van der Waals surface area contributed by atoms with E-state index < -0.39 is 35.6 Å². The van der Waals surface area contributed by atoms with Crippen LogP contribution in [0.5, 0.6) is 0 Å². The van der Waals surface area contributed by atoms with E-state index >= 15 is 0 Å². The summed E-state index contributed by atoms with van der Waals surface area (Å²) in [5, 5.41) is 4.68. The van der Waals surface area contributed by atoms with Gasteiger partial charge in [-0.15, -0.1) is 0 Å². The van der Waals surface area contributed by atoms with Crippen molar-refractivity contribution in [3.05, 3.63) is 54.1 Å². The van der Waals surface area contributed by atoms with Crippen molar-refractivity contribution in [2.75, 3.05) is 18.0 Å². The minimum atomic E-state index is -4.58. The Hall–Kier alpha value is -3.04. The van der Waals surface area contributed by atoms with E-state index in [0.717, 1.165) is 17.4 Å². The maximum Gasteiger partial charge on any atom is 0.431 e. The molecule has 1 atom stereocenters.